The van der Waals surface area contributed by atoms with Crippen LogP contribution in [0.2, 0.25) is 0 Å². The number of ketones is 1. The summed E-state index contributed by atoms with van der Waals surface area (Å²) in [5, 5.41) is 8.23. The third-order valence-corrected chi connectivity index (χ3v) is 3.00. The van der Waals surface area contributed by atoms with Crippen molar-refractivity contribution in [3.05, 3.63) is 35.4 Å². The molecule has 0 saturated carbocycles. The summed E-state index contributed by atoms with van der Waals surface area (Å²) in [5.74, 6) is -0.622. The smallest absolute Gasteiger partial charge is 0.356 e. The van der Waals surface area contributed by atoms with Gasteiger partial charge in [-0.1, -0.05) is 6.92 Å². The Hall–Kier alpha value is -2.44. The number of esters is 1. The van der Waals surface area contributed by atoms with Crippen molar-refractivity contribution < 1.29 is 14.3 Å². The highest BCUT2D eigenvalue weighted by Crippen LogP contribution is 2.09. The van der Waals surface area contributed by atoms with Gasteiger partial charge in [-0.3, -0.25) is 14.2 Å². The fourth-order valence-electron chi connectivity index (χ4n) is 1.93. The van der Waals surface area contributed by atoms with Crippen molar-refractivity contribution in [2.45, 2.75) is 26.8 Å². The van der Waals surface area contributed by atoms with Gasteiger partial charge in [0.25, 0.3) is 0 Å². The second-order valence-electron chi connectivity index (χ2n) is 4.58. The lowest BCUT2D eigenvalue weighted by molar-refractivity contribution is 0.0512. The number of rotatable bonds is 6. The van der Waals surface area contributed by atoms with Crippen molar-refractivity contribution in [3.63, 3.8) is 0 Å². The van der Waals surface area contributed by atoms with Gasteiger partial charge in [-0.15, -0.1) is 0 Å². The van der Waals surface area contributed by atoms with E-state index in [1.165, 1.54) is 10.9 Å². The maximum atomic E-state index is 12.2. The van der Waals surface area contributed by atoms with Crippen LogP contribution in [0.3, 0.4) is 0 Å². The van der Waals surface area contributed by atoms with Crippen LogP contribution in [-0.4, -0.2) is 37.9 Å². The number of carbonyl (C=O) groups excluding carboxylic acids is 2. The van der Waals surface area contributed by atoms with Crippen LogP contribution < -0.4 is 0 Å². The molecule has 0 aliphatic rings. The molecule has 7 heteroatoms. The number of carbonyl (C=O) groups is 2. The predicted octanol–water partition coefficient (Wildman–Crippen LogP) is 1.24. The van der Waals surface area contributed by atoms with Crippen LogP contribution in [-0.2, 0) is 24.8 Å². The zero-order chi connectivity index (χ0) is 15.4. The number of hydrogen-bond donors (Lipinski definition) is 0. The highest BCUT2D eigenvalue weighted by molar-refractivity contribution is 5.96. The second kappa shape index (κ2) is 6.34. The molecule has 2 heterocycles. The summed E-state index contributed by atoms with van der Waals surface area (Å²) in [6.45, 7) is 3.94. The standard InChI is InChI=1S/C14H18N4O3/c1-4-11-6-12(14(20)21-5-2)18(16-11)9-13(19)10-7-15-17(3)8-10/h6-8H,4-5,9H2,1-3H3. The van der Waals surface area contributed by atoms with Crippen molar-refractivity contribution in [1.29, 1.82) is 0 Å². The largest absolute Gasteiger partial charge is 0.461 e. The molecule has 0 N–H and O–H groups in total. The van der Waals surface area contributed by atoms with Gasteiger partial charge in [0.05, 0.1) is 24.1 Å². The Kier molecular flexibility index (Phi) is 4.52. The molecule has 0 bridgehead atoms. The van der Waals surface area contributed by atoms with E-state index in [9.17, 15) is 9.59 Å². The summed E-state index contributed by atoms with van der Waals surface area (Å²) >= 11 is 0. The number of Topliss-reactive ketones (excluding diaryl/α,β-unsaturated/α-hetero) is 1. The molecule has 0 aliphatic carbocycles. The zero-order valence-electron chi connectivity index (χ0n) is 12.4. The summed E-state index contributed by atoms with van der Waals surface area (Å²) < 4.78 is 7.94. The van der Waals surface area contributed by atoms with Crippen LogP contribution in [0.1, 0.15) is 40.4 Å². The molecule has 0 atom stereocenters. The number of aryl methyl sites for hydroxylation is 2. The normalized spacial score (nSPS) is 10.6. The first-order chi connectivity index (χ1) is 10.0. The predicted molar refractivity (Wildman–Crippen MR) is 75.1 cm³/mol. The molecule has 0 amide bonds. The highest BCUT2D eigenvalue weighted by atomic mass is 16.5. The van der Waals surface area contributed by atoms with E-state index in [0.717, 1.165) is 5.69 Å². The Labute approximate surface area is 122 Å². The van der Waals surface area contributed by atoms with Crippen LogP contribution in [0.25, 0.3) is 0 Å². The van der Waals surface area contributed by atoms with Crippen LogP contribution in [0.4, 0.5) is 0 Å². The van der Waals surface area contributed by atoms with Gasteiger partial charge >= 0.3 is 5.97 Å². The third kappa shape index (κ3) is 3.36. The van der Waals surface area contributed by atoms with E-state index < -0.39 is 5.97 Å². The highest BCUT2D eigenvalue weighted by Gasteiger charge is 2.19. The first-order valence-corrected chi connectivity index (χ1v) is 6.80. The van der Waals surface area contributed by atoms with Gasteiger partial charge in [0.15, 0.2) is 5.78 Å². The van der Waals surface area contributed by atoms with Gasteiger partial charge in [-0.05, 0) is 19.4 Å². The molecule has 7 nitrogen and oxygen atoms in total. The van der Waals surface area contributed by atoms with Crippen LogP contribution in [0.5, 0.6) is 0 Å². The molecule has 0 aliphatic heterocycles. The van der Waals surface area contributed by atoms with E-state index in [1.807, 2.05) is 6.92 Å². The number of nitrogens with zero attached hydrogens (tertiary/aromatic N) is 4. The second-order valence-corrected chi connectivity index (χ2v) is 4.58. The lowest BCUT2D eigenvalue weighted by Crippen LogP contribution is -2.18. The average molecular weight is 290 g/mol. The van der Waals surface area contributed by atoms with Crippen LogP contribution in [0.15, 0.2) is 18.5 Å². The van der Waals surface area contributed by atoms with Crippen molar-refractivity contribution in [2.75, 3.05) is 6.61 Å². The number of hydrogen-bond acceptors (Lipinski definition) is 5. The fourth-order valence-corrected chi connectivity index (χ4v) is 1.93. The van der Waals surface area contributed by atoms with Crippen LogP contribution in [0, 0.1) is 0 Å². The lowest BCUT2D eigenvalue weighted by Gasteiger charge is -2.05. The Bertz CT molecular complexity index is 657. The van der Waals surface area contributed by atoms with E-state index in [0.29, 0.717) is 17.7 Å². The maximum absolute atomic E-state index is 12.2. The summed E-state index contributed by atoms with van der Waals surface area (Å²) in [6.07, 6.45) is 3.81. The van der Waals surface area contributed by atoms with Gasteiger partial charge < -0.3 is 4.74 Å². The van der Waals surface area contributed by atoms with Gasteiger partial charge in [0.2, 0.25) is 0 Å². The molecular formula is C14H18N4O3. The summed E-state index contributed by atoms with van der Waals surface area (Å²) in [6, 6.07) is 1.66. The minimum absolute atomic E-state index is 0.0140. The minimum Gasteiger partial charge on any atom is -0.461 e. The summed E-state index contributed by atoms with van der Waals surface area (Å²) in [5.41, 5.74) is 1.53. The Morgan fingerprint density at radius 3 is 2.67 bits per heavy atom. The topological polar surface area (TPSA) is 79.0 Å². The fraction of sp³-hybridized carbons (Fsp3) is 0.429. The maximum Gasteiger partial charge on any atom is 0.356 e. The molecule has 2 rings (SSSR count). The van der Waals surface area contributed by atoms with Crippen molar-refractivity contribution in [1.82, 2.24) is 19.6 Å². The van der Waals surface area contributed by atoms with Gasteiger partial charge in [-0.2, -0.15) is 10.2 Å². The molecule has 0 saturated heterocycles. The third-order valence-electron chi connectivity index (χ3n) is 3.00. The van der Waals surface area contributed by atoms with Gasteiger partial charge in [0, 0.05) is 13.2 Å². The molecule has 112 valence electrons. The first kappa shape index (κ1) is 15.0. The molecule has 2 aromatic rings. The van der Waals surface area contributed by atoms with Gasteiger partial charge in [-0.25, -0.2) is 4.79 Å². The Balaban J connectivity index is 2.24. The van der Waals surface area contributed by atoms with E-state index in [2.05, 4.69) is 10.2 Å². The molecule has 2 aromatic heterocycles. The average Bonchev–Trinajstić information content (AvgIpc) is 3.05. The monoisotopic (exact) mass is 290 g/mol. The van der Waals surface area contributed by atoms with Crippen molar-refractivity contribution in [3.8, 4) is 0 Å². The molecule has 21 heavy (non-hydrogen) atoms. The molecular weight excluding hydrogens is 272 g/mol. The SMILES string of the molecule is CCOC(=O)c1cc(CC)nn1CC(=O)c1cnn(C)c1. The zero-order valence-corrected chi connectivity index (χ0v) is 12.4. The molecule has 0 unspecified atom stereocenters. The number of ether oxygens (including phenoxy) is 1. The molecule has 0 aromatic carbocycles. The first-order valence-electron chi connectivity index (χ1n) is 6.80. The molecule has 0 radical (unpaired) electrons. The minimum atomic E-state index is -0.469. The van der Waals surface area contributed by atoms with Crippen molar-refractivity contribution >= 4 is 11.8 Å². The molecule has 0 fully saturated rings. The summed E-state index contributed by atoms with van der Waals surface area (Å²) in [4.78, 5) is 24.1. The Morgan fingerprint density at radius 1 is 1.33 bits per heavy atom. The van der Waals surface area contributed by atoms with Gasteiger partial charge in [0.1, 0.15) is 12.2 Å². The van der Waals surface area contributed by atoms with E-state index >= 15 is 0 Å². The quantitative estimate of drug-likeness (QED) is 0.590. The summed E-state index contributed by atoms with van der Waals surface area (Å²) in [7, 11) is 1.74. The van der Waals surface area contributed by atoms with E-state index in [1.54, 1.807) is 30.9 Å². The Morgan fingerprint density at radius 2 is 2.10 bits per heavy atom. The van der Waals surface area contributed by atoms with Crippen LogP contribution >= 0.6 is 0 Å². The van der Waals surface area contributed by atoms with E-state index in [-0.39, 0.29) is 18.9 Å². The molecule has 0 spiro atoms. The van der Waals surface area contributed by atoms with Crippen molar-refractivity contribution in [2.24, 2.45) is 7.05 Å². The number of aromatic nitrogens is 4. The van der Waals surface area contributed by atoms with E-state index in [4.69, 9.17) is 4.74 Å². The lowest BCUT2D eigenvalue weighted by atomic mass is 10.2.